The fourth-order valence-electron chi connectivity index (χ4n) is 3.64. The first-order valence-corrected chi connectivity index (χ1v) is 9.63. The first kappa shape index (κ1) is 20.8. The fraction of sp³-hybridized carbons (Fsp3) is 0.190. The number of carbonyl (C=O) groups excluding carboxylic acids is 3. The molecule has 0 saturated carbocycles. The van der Waals surface area contributed by atoms with Crippen LogP contribution >= 0.6 is 0 Å². The third kappa shape index (κ3) is 3.29. The van der Waals surface area contributed by atoms with E-state index in [1.165, 1.54) is 19.0 Å². The van der Waals surface area contributed by atoms with Crippen molar-refractivity contribution in [2.45, 2.75) is 5.54 Å². The van der Waals surface area contributed by atoms with Crippen molar-refractivity contribution in [3.63, 3.8) is 0 Å². The van der Waals surface area contributed by atoms with Crippen LogP contribution in [-0.2, 0) is 10.3 Å². The number of nitrogens with zero attached hydrogens (tertiary/aromatic N) is 4. The van der Waals surface area contributed by atoms with Gasteiger partial charge >= 0.3 is 12.1 Å². The zero-order valence-corrected chi connectivity index (χ0v) is 17.6. The molecule has 0 spiro atoms. The van der Waals surface area contributed by atoms with Gasteiger partial charge < -0.3 is 10.1 Å². The SMILES string of the molecule is COc1ccccc1/C=N/Nc1ccc(C23NC(=O)NN=C2N(C)C(=O)N(C)C3=O)cc1. The summed E-state index contributed by atoms with van der Waals surface area (Å²) in [7, 11) is 4.43. The highest BCUT2D eigenvalue weighted by atomic mass is 16.5. The average molecular weight is 435 g/mol. The Morgan fingerprint density at radius 3 is 2.50 bits per heavy atom. The van der Waals surface area contributed by atoms with E-state index >= 15 is 0 Å². The van der Waals surface area contributed by atoms with Gasteiger partial charge in [-0.1, -0.05) is 24.3 Å². The summed E-state index contributed by atoms with van der Waals surface area (Å²) in [5.41, 5.74) is 5.45. The predicted molar refractivity (Wildman–Crippen MR) is 117 cm³/mol. The summed E-state index contributed by atoms with van der Waals surface area (Å²) < 4.78 is 5.29. The number of anilines is 1. The minimum absolute atomic E-state index is 0.0834. The molecule has 3 N–H and O–H groups in total. The van der Waals surface area contributed by atoms with Crippen LogP contribution in [-0.4, -0.2) is 61.0 Å². The molecule has 2 heterocycles. The molecular weight excluding hydrogens is 414 g/mol. The van der Waals surface area contributed by atoms with Gasteiger partial charge in [0.2, 0.25) is 5.54 Å². The number of para-hydroxylation sites is 1. The highest BCUT2D eigenvalue weighted by Gasteiger charge is 2.57. The van der Waals surface area contributed by atoms with Crippen LogP contribution in [0.5, 0.6) is 5.75 Å². The van der Waals surface area contributed by atoms with E-state index in [2.05, 4.69) is 26.4 Å². The highest BCUT2D eigenvalue weighted by Crippen LogP contribution is 2.33. The average Bonchev–Trinajstić information content (AvgIpc) is 2.82. The smallest absolute Gasteiger partial charge is 0.336 e. The molecule has 2 aliphatic rings. The number of nitrogens with one attached hydrogen (secondary N) is 3. The molecule has 2 aromatic carbocycles. The lowest BCUT2D eigenvalue weighted by atomic mass is 9.84. The summed E-state index contributed by atoms with van der Waals surface area (Å²) in [5, 5.41) is 10.8. The van der Waals surface area contributed by atoms with E-state index < -0.39 is 23.5 Å². The summed E-state index contributed by atoms with van der Waals surface area (Å²) in [6, 6.07) is 13.0. The van der Waals surface area contributed by atoms with Gasteiger partial charge in [0.1, 0.15) is 5.75 Å². The minimum atomic E-state index is -1.63. The second-order valence-electron chi connectivity index (χ2n) is 7.15. The Kier molecular flexibility index (Phi) is 5.23. The summed E-state index contributed by atoms with van der Waals surface area (Å²) in [4.78, 5) is 39.8. The van der Waals surface area contributed by atoms with Crippen LogP contribution in [0.2, 0.25) is 0 Å². The minimum Gasteiger partial charge on any atom is -0.496 e. The maximum Gasteiger partial charge on any atom is 0.336 e. The molecule has 2 aromatic rings. The number of amidine groups is 1. The number of amides is 5. The van der Waals surface area contributed by atoms with E-state index in [4.69, 9.17) is 4.74 Å². The molecule has 0 aliphatic carbocycles. The molecule has 32 heavy (non-hydrogen) atoms. The monoisotopic (exact) mass is 435 g/mol. The van der Waals surface area contributed by atoms with Crippen molar-refractivity contribution in [1.82, 2.24) is 20.5 Å². The lowest BCUT2D eigenvalue weighted by Gasteiger charge is -2.45. The van der Waals surface area contributed by atoms with Gasteiger partial charge in [-0.25, -0.2) is 15.0 Å². The fourth-order valence-corrected chi connectivity index (χ4v) is 3.64. The maximum absolute atomic E-state index is 13.2. The molecule has 4 rings (SSSR count). The normalized spacial score (nSPS) is 20.5. The van der Waals surface area contributed by atoms with Crippen molar-refractivity contribution >= 4 is 35.7 Å². The Labute approximate surface area is 183 Å². The molecule has 0 aromatic heterocycles. The van der Waals surface area contributed by atoms with Gasteiger partial charge in [-0.15, -0.1) is 0 Å². The molecule has 1 atom stereocenters. The van der Waals surface area contributed by atoms with Gasteiger partial charge in [-0.05, 0) is 29.8 Å². The second-order valence-corrected chi connectivity index (χ2v) is 7.15. The van der Waals surface area contributed by atoms with Gasteiger partial charge in [0.25, 0.3) is 5.91 Å². The van der Waals surface area contributed by atoms with Crippen LogP contribution in [0.15, 0.2) is 58.7 Å². The Bertz CT molecular complexity index is 1150. The summed E-state index contributed by atoms with van der Waals surface area (Å²) in [5.74, 6) is 0.170. The number of ether oxygens (including phenoxy) is 1. The molecule has 164 valence electrons. The molecule has 11 heteroatoms. The molecule has 0 bridgehead atoms. The summed E-state index contributed by atoms with van der Waals surface area (Å²) in [6.45, 7) is 0. The number of methoxy groups -OCH3 is 1. The van der Waals surface area contributed by atoms with E-state index in [1.807, 2.05) is 24.3 Å². The number of urea groups is 2. The molecular formula is C21H21N7O4. The van der Waals surface area contributed by atoms with Crippen LogP contribution in [0.4, 0.5) is 15.3 Å². The van der Waals surface area contributed by atoms with Gasteiger partial charge in [0, 0.05) is 19.7 Å². The van der Waals surface area contributed by atoms with Crippen molar-refractivity contribution < 1.29 is 19.1 Å². The van der Waals surface area contributed by atoms with E-state index in [-0.39, 0.29) is 5.84 Å². The number of hydrazone groups is 2. The highest BCUT2D eigenvalue weighted by molar-refractivity contribution is 6.25. The van der Waals surface area contributed by atoms with Gasteiger partial charge in [0.05, 0.1) is 19.0 Å². The number of hydrogen-bond donors (Lipinski definition) is 3. The van der Waals surface area contributed by atoms with Crippen LogP contribution in [0, 0.1) is 0 Å². The number of imide groups is 1. The Morgan fingerprint density at radius 2 is 1.78 bits per heavy atom. The molecule has 0 radical (unpaired) electrons. The van der Waals surface area contributed by atoms with Gasteiger partial charge in [-0.2, -0.15) is 10.2 Å². The molecule has 2 aliphatic heterocycles. The zero-order chi connectivity index (χ0) is 22.9. The standard InChI is InChI=1S/C21H21N7O4/c1-27-17-21(23-19(30)26-25-17,18(29)28(2)20(27)31)14-8-10-15(11-9-14)24-22-12-13-6-4-5-7-16(13)32-3/h4-12,24H,1-3H3,(H2,23,26,30)/b22-12+. The molecule has 5 amide bonds. The van der Waals surface area contributed by atoms with Gasteiger partial charge in [-0.3, -0.25) is 20.0 Å². The lowest BCUT2D eigenvalue weighted by Crippen LogP contribution is -2.74. The maximum atomic E-state index is 13.2. The Hall–Kier alpha value is -4.41. The number of likely N-dealkylation sites (N-methyl/N-ethyl adjacent to an activating group) is 2. The molecule has 1 unspecified atom stereocenters. The largest absolute Gasteiger partial charge is 0.496 e. The number of fused-ring (bicyclic) bond motifs is 1. The van der Waals surface area contributed by atoms with Crippen LogP contribution in [0.1, 0.15) is 11.1 Å². The second kappa shape index (κ2) is 8.02. The van der Waals surface area contributed by atoms with Crippen molar-refractivity contribution in [3.05, 3.63) is 59.7 Å². The van der Waals surface area contributed by atoms with Crippen molar-refractivity contribution in [3.8, 4) is 5.75 Å². The number of hydrogen-bond acceptors (Lipinski definition) is 7. The number of benzene rings is 2. The zero-order valence-electron chi connectivity index (χ0n) is 17.6. The lowest BCUT2D eigenvalue weighted by molar-refractivity contribution is -0.133. The molecule has 1 saturated heterocycles. The number of rotatable bonds is 5. The van der Waals surface area contributed by atoms with Crippen LogP contribution < -0.4 is 20.9 Å². The van der Waals surface area contributed by atoms with Crippen molar-refractivity contribution in [2.24, 2.45) is 10.2 Å². The summed E-state index contributed by atoms with van der Waals surface area (Å²) >= 11 is 0. The Balaban J connectivity index is 1.62. The quantitative estimate of drug-likeness (QED) is 0.484. The van der Waals surface area contributed by atoms with Crippen molar-refractivity contribution in [1.29, 1.82) is 0 Å². The first-order valence-electron chi connectivity index (χ1n) is 9.63. The summed E-state index contributed by atoms with van der Waals surface area (Å²) in [6.07, 6.45) is 1.63. The molecule has 11 nitrogen and oxygen atoms in total. The van der Waals surface area contributed by atoms with Crippen LogP contribution in [0.25, 0.3) is 0 Å². The number of carbonyl (C=O) groups is 3. The first-order chi connectivity index (χ1) is 15.4. The third-order valence-corrected chi connectivity index (χ3v) is 5.27. The Morgan fingerprint density at radius 1 is 1.06 bits per heavy atom. The van der Waals surface area contributed by atoms with E-state index in [0.717, 1.165) is 10.5 Å². The third-order valence-electron chi connectivity index (χ3n) is 5.27. The van der Waals surface area contributed by atoms with E-state index in [1.54, 1.807) is 37.6 Å². The van der Waals surface area contributed by atoms with Crippen molar-refractivity contribution in [2.75, 3.05) is 26.6 Å². The molecule has 1 fully saturated rings. The van der Waals surface area contributed by atoms with E-state index in [0.29, 0.717) is 17.0 Å². The van der Waals surface area contributed by atoms with E-state index in [9.17, 15) is 14.4 Å². The topological polar surface area (TPSA) is 128 Å². The predicted octanol–water partition coefficient (Wildman–Crippen LogP) is 1.49. The van der Waals surface area contributed by atoms with Gasteiger partial charge in [0.15, 0.2) is 5.84 Å². The van der Waals surface area contributed by atoms with Crippen LogP contribution in [0.3, 0.4) is 0 Å².